The minimum atomic E-state index is -3.05. The fraction of sp³-hybridized carbons (Fsp3) is 0. The molecule has 0 bridgehead atoms. The van der Waals surface area contributed by atoms with Gasteiger partial charge in [0.2, 0.25) is 0 Å². The Balaban J connectivity index is 0. The molecule has 0 amide bonds. The second-order valence-electron chi connectivity index (χ2n) is 0.324. The van der Waals surface area contributed by atoms with Crippen LogP contribution in [0.15, 0.2) is 0 Å². The number of halogens is 5. The van der Waals surface area contributed by atoms with Crippen LogP contribution in [-0.4, -0.2) is 0 Å². The molecule has 0 atom stereocenters. The summed E-state index contributed by atoms with van der Waals surface area (Å²) in [6.07, 6.45) is 0. The molecule has 36 valence electrons. The van der Waals surface area contributed by atoms with E-state index >= 15 is 0 Å². The van der Waals surface area contributed by atoms with Gasteiger partial charge in [-0.25, -0.2) is 0 Å². The van der Waals surface area contributed by atoms with E-state index in [4.69, 9.17) is 35.6 Å². The first-order valence-electron chi connectivity index (χ1n) is 0.571. The number of hydrogen-bond donors (Lipinski definition) is 0. The van der Waals surface area contributed by atoms with Gasteiger partial charge in [-0.05, 0) is 0 Å². The summed E-state index contributed by atoms with van der Waals surface area (Å²) in [4.78, 5) is 0. The molecule has 0 N–H and O–H groups in total. The smallest absolute Gasteiger partial charge is 1.00 e. The van der Waals surface area contributed by atoms with Crippen molar-refractivity contribution >= 4 is 35.6 Å². The van der Waals surface area contributed by atoms with Gasteiger partial charge in [0.05, 0.1) is 0 Å². The summed E-state index contributed by atoms with van der Waals surface area (Å²) in [5.41, 5.74) is 0. The zero-order chi connectivity index (χ0) is 4.50. The molecule has 0 heterocycles. The molecular formula is Cl4IK. The van der Waals surface area contributed by atoms with E-state index in [1.807, 2.05) is 0 Å². The van der Waals surface area contributed by atoms with Gasteiger partial charge in [-0.1, -0.05) is 0 Å². The van der Waals surface area contributed by atoms with Gasteiger partial charge in [-0.2, -0.15) is 0 Å². The predicted molar refractivity (Wildman–Crippen MR) is 23.4 cm³/mol. The molecule has 0 aliphatic carbocycles. The Labute approximate surface area is 98.0 Å². The van der Waals surface area contributed by atoms with Gasteiger partial charge >= 0.3 is 101 Å². The summed E-state index contributed by atoms with van der Waals surface area (Å²) in [5, 5.41) is 0. The predicted octanol–water partition coefficient (Wildman–Crippen LogP) is -3.23. The van der Waals surface area contributed by atoms with E-state index in [9.17, 15) is 0 Å². The Kier molecular flexibility index (Phi) is 10.8. The molecule has 0 aliphatic heterocycles. The molecule has 0 aliphatic rings. The van der Waals surface area contributed by atoms with Crippen LogP contribution in [0.3, 0.4) is 0 Å². The largest absolute Gasteiger partial charge is 1.00 e. The molecule has 0 radical (unpaired) electrons. The standard InChI is InChI=1S/Cl4I.K/c1-5(2,3)4;/q-1;+1. The second-order valence-corrected chi connectivity index (χ2v) is 19.6. The third-order valence-corrected chi connectivity index (χ3v) is 0. The normalized spacial score (nSPS) is 12.7. The first kappa shape index (κ1) is 12.2. The Hall–Kier alpha value is 3.53. The van der Waals surface area contributed by atoms with Crippen LogP contribution in [-0.2, 0) is 0 Å². The quantitative estimate of drug-likeness (QED) is 0.326. The van der Waals surface area contributed by atoms with E-state index in [2.05, 4.69) is 0 Å². The maximum atomic E-state index is 5.01. The molecule has 0 fully saturated rings. The Bertz CT molecular complexity index is 23.0. The number of rotatable bonds is 0. The Morgan fingerprint density at radius 2 is 0.833 bits per heavy atom. The average molecular weight is 308 g/mol. The van der Waals surface area contributed by atoms with Crippen molar-refractivity contribution in [1.29, 1.82) is 0 Å². The maximum absolute atomic E-state index is 5.01. The van der Waals surface area contributed by atoms with Gasteiger partial charge in [0.15, 0.2) is 0 Å². The Morgan fingerprint density at radius 3 is 0.833 bits per heavy atom. The molecule has 0 aromatic carbocycles. The van der Waals surface area contributed by atoms with Crippen LogP contribution in [0.4, 0.5) is 0 Å². The van der Waals surface area contributed by atoms with Crippen molar-refractivity contribution in [3.63, 3.8) is 0 Å². The monoisotopic (exact) mass is 306 g/mol. The molecule has 6 heavy (non-hydrogen) atoms. The van der Waals surface area contributed by atoms with Crippen molar-refractivity contribution in [1.82, 2.24) is 0 Å². The molecule has 0 aromatic rings. The fourth-order valence-corrected chi connectivity index (χ4v) is 0. The maximum Gasteiger partial charge on any atom is 1.00 e. The Morgan fingerprint density at radius 1 is 0.833 bits per heavy atom. The molecule has 6 heteroatoms. The van der Waals surface area contributed by atoms with Crippen molar-refractivity contribution in [2.75, 3.05) is 0 Å². The summed E-state index contributed by atoms with van der Waals surface area (Å²) in [6, 6.07) is 0. The molecule has 0 unspecified atom stereocenters. The van der Waals surface area contributed by atoms with Gasteiger partial charge in [0.25, 0.3) is 0 Å². The first-order chi connectivity index (χ1) is 2.00. The van der Waals surface area contributed by atoms with Gasteiger partial charge in [0, 0.05) is 0 Å². The van der Waals surface area contributed by atoms with E-state index in [1.54, 1.807) is 0 Å². The minimum absolute atomic E-state index is 0. The molecule has 0 saturated carbocycles. The summed E-state index contributed by atoms with van der Waals surface area (Å²) >= 11 is -3.05. The van der Waals surface area contributed by atoms with Crippen LogP contribution >= 0.6 is 35.6 Å². The zero-order valence-corrected chi connectivity index (χ0v) is 11.2. The van der Waals surface area contributed by atoms with Crippen LogP contribution in [0.5, 0.6) is 0 Å². The van der Waals surface area contributed by atoms with E-state index in [-0.39, 0.29) is 51.4 Å². The van der Waals surface area contributed by atoms with E-state index < -0.39 is 13.9 Å². The van der Waals surface area contributed by atoms with Crippen molar-refractivity contribution < 1.29 is 65.3 Å². The molecule has 0 rings (SSSR count). The fourth-order valence-electron chi connectivity index (χ4n) is 0. The summed E-state index contributed by atoms with van der Waals surface area (Å²) < 4.78 is 0. The molecular weight excluding hydrogens is 308 g/mol. The summed E-state index contributed by atoms with van der Waals surface area (Å²) in [7, 11) is 20.0. The topological polar surface area (TPSA) is 0 Å². The van der Waals surface area contributed by atoms with Gasteiger partial charge in [-0.15, -0.1) is 0 Å². The molecule has 0 aromatic heterocycles. The molecule has 0 saturated heterocycles. The molecule has 0 nitrogen and oxygen atoms in total. The van der Waals surface area contributed by atoms with Gasteiger partial charge in [0.1, 0.15) is 0 Å². The number of hydrogen-bond acceptors (Lipinski definition) is 0. The van der Waals surface area contributed by atoms with Crippen molar-refractivity contribution in [2.45, 2.75) is 0 Å². The van der Waals surface area contributed by atoms with Crippen LogP contribution in [0.2, 0.25) is 0 Å². The van der Waals surface area contributed by atoms with Crippen molar-refractivity contribution in [3.05, 3.63) is 0 Å². The van der Waals surface area contributed by atoms with Gasteiger partial charge in [-0.3, -0.25) is 0 Å². The summed E-state index contributed by atoms with van der Waals surface area (Å²) in [6.45, 7) is 0. The third-order valence-electron chi connectivity index (χ3n) is 0. The SMILES string of the molecule is Cl[I-](Cl)(Cl)Cl.[K+]. The van der Waals surface area contributed by atoms with Crippen LogP contribution < -0.4 is 65.3 Å². The molecule has 0 spiro atoms. The van der Waals surface area contributed by atoms with Crippen molar-refractivity contribution in [3.8, 4) is 0 Å². The average Bonchev–Trinajstić information content (AvgIpc) is 0.722. The van der Waals surface area contributed by atoms with E-state index in [0.717, 1.165) is 0 Å². The van der Waals surface area contributed by atoms with Crippen LogP contribution in [0, 0.1) is 0 Å². The van der Waals surface area contributed by atoms with Gasteiger partial charge < -0.3 is 0 Å². The van der Waals surface area contributed by atoms with Crippen LogP contribution in [0.1, 0.15) is 0 Å². The second kappa shape index (κ2) is 5.32. The van der Waals surface area contributed by atoms with E-state index in [1.165, 1.54) is 0 Å². The zero-order valence-electron chi connectivity index (χ0n) is 2.89. The van der Waals surface area contributed by atoms with Crippen molar-refractivity contribution in [2.24, 2.45) is 0 Å². The third kappa shape index (κ3) is 25.8. The minimum Gasteiger partial charge on any atom is 1.00 e. The summed E-state index contributed by atoms with van der Waals surface area (Å²) in [5.74, 6) is 0. The first-order valence-corrected chi connectivity index (χ1v) is 11.5. The van der Waals surface area contributed by atoms with E-state index in [0.29, 0.717) is 0 Å². The van der Waals surface area contributed by atoms with Crippen LogP contribution in [0.25, 0.3) is 0 Å².